The molecule has 0 atom stereocenters. The molecule has 0 radical (unpaired) electrons. The number of carbonyl (C=O) groups is 2. The number of imidazole rings is 1. The Morgan fingerprint density at radius 1 is 1.02 bits per heavy atom. The molecule has 1 aliphatic rings. The van der Waals surface area contributed by atoms with E-state index in [2.05, 4.69) is 20.6 Å². The number of para-hydroxylation sites is 2. The third-order valence-corrected chi connectivity index (χ3v) is 7.86. The van der Waals surface area contributed by atoms with Gasteiger partial charge in [0.25, 0.3) is 11.8 Å². The SMILES string of the molecule is CNC(=O)c1ccc(-n2c(=O)n(C[C@H]3CC[C@H](NC(=O)c4cc(Cl)cnc4CCOC)CC3)c3ccccc32)cn1. The molecule has 0 bridgehead atoms. The molecule has 0 spiro atoms. The summed E-state index contributed by atoms with van der Waals surface area (Å²) in [4.78, 5) is 47.3. The van der Waals surface area contributed by atoms with Gasteiger partial charge in [-0.2, -0.15) is 0 Å². The topological polar surface area (TPSA) is 120 Å². The summed E-state index contributed by atoms with van der Waals surface area (Å²) in [6.07, 6.45) is 7.01. The summed E-state index contributed by atoms with van der Waals surface area (Å²) in [5.74, 6) is -0.169. The Hall–Kier alpha value is -4.02. The van der Waals surface area contributed by atoms with Crippen LogP contribution in [0, 0.1) is 5.92 Å². The van der Waals surface area contributed by atoms with Crippen LogP contribution < -0.4 is 16.3 Å². The Kier molecular flexibility index (Phi) is 8.80. The van der Waals surface area contributed by atoms with E-state index >= 15 is 0 Å². The fraction of sp³-hybridized carbons (Fsp3) is 0.367. The second-order valence-corrected chi connectivity index (χ2v) is 10.7. The number of hydrogen-bond donors (Lipinski definition) is 2. The Balaban J connectivity index is 1.28. The maximum absolute atomic E-state index is 13.7. The van der Waals surface area contributed by atoms with Crippen LogP contribution in [0.5, 0.6) is 0 Å². The number of carbonyl (C=O) groups excluding carboxylic acids is 2. The minimum atomic E-state index is -0.283. The van der Waals surface area contributed by atoms with E-state index in [1.54, 1.807) is 49.3 Å². The summed E-state index contributed by atoms with van der Waals surface area (Å²) in [6, 6.07) is 12.7. The molecule has 4 aromatic rings. The molecule has 1 saturated carbocycles. The normalized spacial score (nSPS) is 17.0. The Labute approximate surface area is 242 Å². The van der Waals surface area contributed by atoms with Crippen molar-refractivity contribution in [3.8, 4) is 5.69 Å². The molecule has 11 heteroatoms. The van der Waals surface area contributed by atoms with Gasteiger partial charge >= 0.3 is 5.69 Å². The lowest BCUT2D eigenvalue weighted by molar-refractivity contribution is 0.0917. The number of amides is 2. The van der Waals surface area contributed by atoms with Crippen molar-refractivity contribution in [2.75, 3.05) is 20.8 Å². The van der Waals surface area contributed by atoms with Gasteiger partial charge in [0, 0.05) is 39.4 Å². The summed E-state index contributed by atoms with van der Waals surface area (Å²) in [5.41, 5.74) is 3.52. The van der Waals surface area contributed by atoms with Crippen molar-refractivity contribution >= 4 is 34.4 Å². The summed E-state index contributed by atoms with van der Waals surface area (Å²) < 4.78 is 8.62. The number of rotatable bonds is 9. The van der Waals surface area contributed by atoms with E-state index in [9.17, 15) is 14.4 Å². The summed E-state index contributed by atoms with van der Waals surface area (Å²) >= 11 is 6.13. The highest BCUT2D eigenvalue weighted by Crippen LogP contribution is 2.28. The van der Waals surface area contributed by atoms with Crippen LogP contribution in [-0.2, 0) is 17.7 Å². The van der Waals surface area contributed by atoms with Crippen molar-refractivity contribution < 1.29 is 14.3 Å². The van der Waals surface area contributed by atoms with E-state index in [1.807, 2.05) is 28.8 Å². The minimum absolute atomic E-state index is 0.0379. The number of benzene rings is 1. The van der Waals surface area contributed by atoms with Crippen molar-refractivity contribution in [2.24, 2.45) is 5.92 Å². The fourth-order valence-corrected chi connectivity index (χ4v) is 5.65. The van der Waals surface area contributed by atoms with Crippen LogP contribution in [0.3, 0.4) is 0 Å². The smallest absolute Gasteiger partial charge is 0.333 e. The molecule has 41 heavy (non-hydrogen) atoms. The number of hydrogen-bond acceptors (Lipinski definition) is 6. The number of ether oxygens (including phenoxy) is 1. The monoisotopic (exact) mass is 576 g/mol. The highest BCUT2D eigenvalue weighted by molar-refractivity contribution is 6.30. The van der Waals surface area contributed by atoms with Crippen LogP contribution in [0.4, 0.5) is 0 Å². The summed E-state index contributed by atoms with van der Waals surface area (Å²) in [5, 5.41) is 6.13. The average Bonchev–Trinajstić information content (AvgIpc) is 3.27. The van der Waals surface area contributed by atoms with Crippen molar-refractivity contribution in [3.63, 3.8) is 0 Å². The minimum Gasteiger partial charge on any atom is -0.384 e. The predicted molar refractivity (Wildman–Crippen MR) is 157 cm³/mol. The predicted octanol–water partition coefficient (Wildman–Crippen LogP) is 3.77. The molecule has 0 aliphatic heterocycles. The Morgan fingerprint density at radius 2 is 1.78 bits per heavy atom. The molecule has 10 nitrogen and oxygen atoms in total. The molecule has 5 rings (SSSR count). The molecule has 0 unspecified atom stereocenters. The largest absolute Gasteiger partial charge is 0.384 e. The third kappa shape index (κ3) is 6.18. The zero-order chi connectivity index (χ0) is 28.9. The number of aromatic nitrogens is 4. The molecule has 3 aromatic heterocycles. The second-order valence-electron chi connectivity index (χ2n) is 10.3. The fourth-order valence-electron chi connectivity index (χ4n) is 5.49. The maximum Gasteiger partial charge on any atom is 0.333 e. The Bertz CT molecular complexity index is 1610. The van der Waals surface area contributed by atoms with Crippen LogP contribution in [0.15, 0.2) is 59.7 Å². The van der Waals surface area contributed by atoms with E-state index in [0.717, 1.165) is 36.7 Å². The van der Waals surface area contributed by atoms with Crippen molar-refractivity contribution in [1.82, 2.24) is 29.7 Å². The van der Waals surface area contributed by atoms with Gasteiger partial charge in [0.05, 0.1) is 45.8 Å². The van der Waals surface area contributed by atoms with Gasteiger partial charge < -0.3 is 15.4 Å². The van der Waals surface area contributed by atoms with Crippen LogP contribution in [0.25, 0.3) is 16.7 Å². The van der Waals surface area contributed by atoms with E-state index in [1.165, 1.54) is 0 Å². The molecule has 1 aliphatic carbocycles. The standard InChI is InChI=1S/C30H33ClN6O4/c1-32-29(39)25-12-11-22(17-34-25)37-27-6-4-3-5-26(27)36(30(37)40)18-19-7-9-21(10-8-19)35-28(38)23-15-20(31)16-33-24(23)13-14-41-2/h3-6,11-12,15-17,19,21H,7-10,13-14,18H2,1-2H3,(H,32,39)(H,35,38)/t19-,21-. The molecule has 0 saturated heterocycles. The van der Waals surface area contributed by atoms with Crippen LogP contribution in [0.2, 0.25) is 5.02 Å². The van der Waals surface area contributed by atoms with Crippen LogP contribution in [-0.4, -0.2) is 57.7 Å². The zero-order valence-corrected chi connectivity index (χ0v) is 23.9. The number of nitrogens with one attached hydrogen (secondary N) is 2. The summed E-state index contributed by atoms with van der Waals surface area (Å²) in [6.45, 7) is 1.05. The van der Waals surface area contributed by atoms with Gasteiger partial charge in [-0.05, 0) is 61.9 Å². The molecule has 2 N–H and O–H groups in total. The van der Waals surface area contributed by atoms with Gasteiger partial charge in [-0.15, -0.1) is 0 Å². The van der Waals surface area contributed by atoms with Gasteiger partial charge in [-0.25, -0.2) is 9.78 Å². The Morgan fingerprint density at radius 3 is 2.46 bits per heavy atom. The van der Waals surface area contributed by atoms with Gasteiger partial charge in [0.2, 0.25) is 0 Å². The van der Waals surface area contributed by atoms with Crippen molar-refractivity contribution in [1.29, 1.82) is 0 Å². The van der Waals surface area contributed by atoms with Gasteiger partial charge in [-0.1, -0.05) is 23.7 Å². The average molecular weight is 577 g/mol. The zero-order valence-electron chi connectivity index (χ0n) is 23.1. The number of fused-ring (bicyclic) bond motifs is 1. The second kappa shape index (κ2) is 12.7. The lowest BCUT2D eigenvalue weighted by atomic mass is 9.85. The quantitative estimate of drug-likeness (QED) is 0.313. The van der Waals surface area contributed by atoms with E-state index < -0.39 is 0 Å². The first-order chi connectivity index (χ1) is 19.9. The van der Waals surface area contributed by atoms with E-state index in [0.29, 0.717) is 47.5 Å². The molecule has 214 valence electrons. The highest BCUT2D eigenvalue weighted by atomic mass is 35.5. The van der Waals surface area contributed by atoms with Gasteiger partial charge in [0.1, 0.15) is 5.69 Å². The van der Waals surface area contributed by atoms with Crippen LogP contribution in [0.1, 0.15) is 52.2 Å². The lowest BCUT2D eigenvalue weighted by Gasteiger charge is -2.29. The number of methoxy groups -OCH3 is 1. The highest BCUT2D eigenvalue weighted by Gasteiger charge is 2.26. The van der Waals surface area contributed by atoms with Crippen LogP contribution >= 0.6 is 11.6 Å². The maximum atomic E-state index is 13.7. The van der Waals surface area contributed by atoms with E-state index in [-0.39, 0.29) is 29.2 Å². The molecule has 1 aromatic carbocycles. The van der Waals surface area contributed by atoms with Crippen molar-refractivity contribution in [2.45, 2.75) is 44.7 Å². The van der Waals surface area contributed by atoms with Gasteiger partial charge in [-0.3, -0.25) is 23.7 Å². The van der Waals surface area contributed by atoms with Crippen molar-refractivity contribution in [3.05, 3.63) is 87.3 Å². The lowest BCUT2D eigenvalue weighted by Crippen LogP contribution is -2.39. The molecule has 3 heterocycles. The first-order valence-corrected chi connectivity index (χ1v) is 14.1. The number of pyridine rings is 2. The molecule has 1 fully saturated rings. The van der Waals surface area contributed by atoms with E-state index in [4.69, 9.17) is 16.3 Å². The first kappa shape index (κ1) is 28.5. The van der Waals surface area contributed by atoms with Gasteiger partial charge in [0.15, 0.2) is 0 Å². The first-order valence-electron chi connectivity index (χ1n) is 13.7. The summed E-state index contributed by atoms with van der Waals surface area (Å²) in [7, 11) is 3.16. The number of nitrogens with zero attached hydrogens (tertiary/aromatic N) is 4. The third-order valence-electron chi connectivity index (χ3n) is 7.65. The molecule has 2 amide bonds. The number of halogens is 1. The molecular weight excluding hydrogens is 544 g/mol. The molecular formula is C30H33ClN6O4.